The number of pyridine rings is 1. The summed E-state index contributed by atoms with van der Waals surface area (Å²) in [7, 11) is 1.89. The highest BCUT2D eigenvalue weighted by molar-refractivity contribution is 5.87. The molecule has 1 aromatic carbocycles. The third-order valence-corrected chi connectivity index (χ3v) is 2.61. The molecular weight excluding hydrogens is 204 g/mol. The largest absolute Gasteiger partial charge is 0.506 e. The second kappa shape index (κ2) is 4.37. The number of phenols is 1. The van der Waals surface area contributed by atoms with E-state index < -0.39 is 0 Å². The molecule has 0 saturated heterocycles. The second-order valence-electron chi connectivity index (χ2n) is 3.71. The average molecular weight is 218 g/mol. The minimum atomic E-state index is -0.200. The van der Waals surface area contributed by atoms with E-state index in [9.17, 15) is 9.90 Å². The zero-order valence-corrected chi connectivity index (χ0v) is 9.08. The van der Waals surface area contributed by atoms with Gasteiger partial charge in [-0.05, 0) is 37.7 Å². The molecule has 0 saturated carbocycles. The Morgan fingerprint density at radius 1 is 1.31 bits per heavy atom. The predicted octanol–water partition coefficient (Wildman–Crippen LogP) is 0.996. The Morgan fingerprint density at radius 3 is 2.88 bits per heavy atom. The molecule has 2 rings (SSSR count). The van der Waals surface area contributed by atoms with E-state index >= 15 is 0 Å². The zero-order chi connectivity index (χ0) is 11.5. The van der Waals surface area contributed by atoms with Gasteiger partial charge in [-0.1, -0.05) is 6.07 Å². The summed E-state index contributed by atoms with van der Waals surface area (Å²) in [5.41, 5.74) is 1.42. The smallest absolute Gasteiger partial charge is 0.248 e. The van der Waals surface area contributed by atoms with Crippen molar-refractivity contribution in [2.45, 2.75) is 6.42 Å². The van der Waals surface area contributed by atoms with E-state index in [4.69, 9.17) is 0 Å². The van der Waals surface area contributed by atoms with Gasteiger partial charge in [0.25, 0.3) is 0 Å². The molecule has 0 aliphatic rings. The maximum atomic E-state index is 11.2. The summed E-state index contributed by atoms with van der Waals surface area (Å²) < 4.78 is 0. The normalized spacial score (nSPS) is 10.8. The first-order chi connectivity index (χ1) is 7.72. The van der Waals surface area contributed by atoms with Crippen LogP contribution in [0.5, 0.6) is 5.75 Å². The molecule has 4 nitrogen and oxygen atoms in total. The number of H-pyrrole nitrogens is 1. The monoisotopic (exact) mass is 218 g/mol. The molecule has 0 aliphatic carbocycles. The highest BCUT2D eigenvalue weighted by Crippen LogP contribution is 2.24. The van der Waals surface area contributed by atoms with E-state index in [0.717, 1.165) is 23.9 Å². The van der Waals surface area contributed by atoms with E-state index in [-0.39, 0.29) is 11.3 Å². The van der Waals surface area contributed by atoms with Crippen LogP contribution in [0.1, 0.15) is 5.56 Å². The van der Waals surface area contributed by atoms with Gasteiger partial charge in [-0.25, -0.2) is 0 Å². The Labute approximate surface area is 92.9 Å². The lowest BCUT2D eigenvalue weighted by atomic mass is 10.0. The number of hydrogen-bond donors (Lipinski definition) is 3. The van der Waals surface area contributed by atoms with Crippen LogP contribution >= 0.6 is 0 Å². The van der Waals surface area contributed by atoms with Gasteiger partial charge in [0.1, 0.15) is 5.75 Å². The molecule has 0 fully saturated rings. The lowest BCUT2D eigenvalue weighted by molar-refractivity contribution is 0.480. The molecule has 16 heavy (non-hydrogen) atoms. The number of hydrogen-bond acceptors (Lipinski definition) is 3. The van der Waals surface area contributed by atoms with Crippen LogP contribution in [0, 0.1) is 0 Å². The lowest BCUT2D eigenvalue weighted by Gasteiger charge is -2.07. The van der Waals surface area contributed by atoms with Gasteiger partial charge in [0.05, 0.1) is 5.52 Å². The van der Waals surface area contributed by atoms with Gasteiger partial charge in [-0.15, -0.1) is 0 Å². The Morgan fingerprint density at radius 2 is 2.12 bits per heavy atom. The number of nitrogens with one attached hydrogen (secondary N) is 2. The number of rotatable bonds is 3. The number of aromatic hydroxyl groups is 1. The second-order valence-corrected chi connectivity index (χ2v) is 3.71. The molecule has 0 aliphatic heterocycles. The van der Waals surface area contributed by atoms with Gasteiger partial charge >= 0.3 is 0 Å². The fourth-order valence-corrected chi connectivity index (χ4v) is 1.77. The molecule has 84 valence electrons. The van der Waals surface area contributed by atoms with Crippen molar-refractivity contribution in [1.29, 1.82) is 0 Å². The van der Waals surface area contributed by atoms with Crippen LogP contribution in [0.15, 0.2) is 29.1 Å². The van der Waals surface area contributed by atoms with Gasteiger partial charge in [0.2, 0.25) is 5.56 Å². The molecule has 0 unspecified atom stereocenters. The SMILES string of the molecule is CNCCc1ccc(O)c2[nH]c(=O)ccc12. The number of aromatic nitrogens is 1. The molecule has 0 atom stereocenters. The molecule has 2 aromatic rings. The highest BCUT2D eigenvalue weighted by atomic mass is 16.3. The minimum Gasteiger partial charge on any atom is -0.506 e. The topological polar surface area (TPSA) is 65.1 Å². The molecule has 0 bridgehead atoms. The maximum Gasteiger partial charge on any atom is 0.248 e. The summed E-state index contributed by atoms with van der Waals surface area (Å²) in [6, 6.07) is 6.72. The van der Waals surface area contributed by atoms with Crippen molar-refractivity contribution < 1.29 is 5.11 Å². The van der Waals surface area contributed by atoms with Crippen molar-refractivity contribution in [3.8, 4) is 5.75 Å². The molecule has 1 aromatic heterocycles. The van der Waals surface area contributed by atoms with Crippen LogP contribution < -0.4 is 10.9 Å². The summed E-state index contributed by atoms with van der Waals surface area (Å²) in [5.74, 6) is 0.112. The lowest BCUT2D eigenvalue weighted by Crippen LogP contribution is -2.11. The summed E-state index contributed by atoms with van der Waals surface area (Å²) >= 11 is 0. The average Bonchev–Trinajstić information content (AvgIpc) is 2.29. The van der Waals surface area contributed by atoms with Crippen LogP contribution in [0.2, 0.25) is 0 Å². The van der Waals surface area contributed by atoms with Gasteiger partial charge in [0, 0.05) is 11.5 Å². The quantitative estimate of drug-likeness (QED) is 0.720. The van der Waals surface area contributed by atoms with E-state index in [1.807, 2.05) is 13.1 Å². The minimum absolute atomic E-state index is 0.112. The Balaban J connectivity index is 2.59. The van der Waals surface area contributed by atoms with Crippen LogP contribution in [0.3, 0.4) is 0 Å². The molecule has 4 heteroatoms. The first-order valence-corrected chi connectivity index (χ1v) is 5.21. The van der Waals surface area contributed by atoms with Crippen LogP contribution in [-0.2, 0) is 6.42 Å². The van der Waals surface area contributed by atoms with Crippen molar-refractivity contribution in [2.24, 2.45) is 0 Å². The number of likely N-dealkylation sites (N-methyl/N-ethyl adjacent to an activating group) is 1. The Hall–Kier alpha value is -1.81. The van der Waals surface area contributed by atoms with E-state index in [0.29, 0.717) is 5.52 Å². The maximum absolute atomic E-state index is 11.2. The van der Waals surface area contributed by atoms with Crippen molar-refractivity contribution >= 4 is 10.9 Å². The van der Waals surface area contributed by atoms with Crippen molar-refractivity contribution in [3.63, 3.8) is 0 Å². The van der Waals surface area contributed by atoms with Gasteiger partial charge < -0.3 is 15.4 Å². The van der Waals surface area contributed by atoms with Crippen LogP contribution in [0.4, 0.5) is 0 Å². The van der Waals surface area contributed by atoms with Crippen molar-refractivity contribution in [1.82, 2.24) is 10.3 Å². The first-order valence-electron chi connectivity index (χ1n) is 5.21. The van der Waals surface area contributed by atoms with Gasteiger partial charge in [-0.3, -0.25) is 4.79 Å². The van der Waals surface area contributed by atoms with E-state index in [1.165, 1.54) is 6.07 Å². The fraction of sp³-hybridized carbons (Fsp3) is 0.250. The number of benzene rings is 1. The molecular formula is C12H14N2O2. The molecule has 1 heterocycles. The van der Waals surface area contributed by atoms with E-state index in [1.54, 1.807) is 12.1 Å². The number of aromatic amines is 1. The first kappa shape index (κ1) is 10.7. The molecule has 0 amide bonds. The third kappa shape index (κ3) is 1.92. The Bertz CT molecular complexity index is 560. The third-order valence-electron chi connectivity index (χ3n) is 2.61. The summed E-state index contributed by atoms with van der Waals surface area (Å²) in [4.78, 5) is 13.8. The van der Waals surface area contributed by atoms with Crippen molar-refractivity contribution in [2.75, 3.05) is 13.6 Å². The standard InChI is InChI=1S/C12H14N2O2/c1-13-7-6-8-2-4-10(15)12-9(8)3-5-11(16)14-12/h2-5,13,15H,6-7H2,1H3,(H,14,16). The summed E-state index contributed by atoms with van der Waals surface area (Å²) in [5, 5.41) is 13.6. The number of fused-ring (bicyclic) bond motifs is 1. The van der Waals surface area contributed by atoms with Crippen molar-refractivity contribution in [3.05, 3.63) is 40.2 Å². The van der Waals surface area contributed by atoms with E-state index in [2.05, 4.69) is 10.3 Å². The van der Waals surface area contributed by atoms with Gasteiger partial charge in [-0.2, -0.15) is 0 Å². The predicted molar refractivity (Wildman–Crippen MR) is 63.9 cm³/mol. The van der Waals surface area contributed by atoms with Crippen LogP contribution in [0.25, 0.3) is 10.9 Å². The van der Waals surface area contributed by atoms with Crippen LogP contribution in [-0.4, -0.2) is 23.7 Å². The highest BCUT2D eigenvalue weighted by Gasteiger charge is 2.05. The number of phenolic OH excluding ortho intramolecular Hbond substituents is 1. The molecule has 0 radical (unpaired) electrons. The Kier molecular flexibility index (Phi) is 2.92. The van der Waals surface area contributed by atoms with Gasteiger partial charge in [0.15, 0.2) is 0 Å². The fourth-order valence-electron chi connectivity index (χ4n) is 1.77. The summed E-state index contributed by atoms with van der Waals surface area (Å²) in [6.45, 7) is 0.860. The zero-order valence-electron chi connectivity index (χ0n) is 9.08. The molecule has 3 N–H and O–H groups in total. The molecule has 0 spiro atoms. The summed E-state index contributed by atoms with van der Waals surface area (Å²) in [6.07, 6.45) is 0.860.